The van der Waals surface area contributed by atoms with E-state index in [1.807, 2.05) is 12.2 Å². The van der Waals surface area contributed by atoms with Crippen LogP contribution in [-0.2, 0) is 19.6 Å². The summed E-state index contributed by atoms with van der Waals surface area (Å²) >= 11 is 0. The highest BCUT2D eigenvalue weighted by molar-refractivity contribution is 7.85. The first-order valence-corrected chi connectivity index (χ1v) is 6.90. The molecule has 2 unspecified atom stereocenters. The highest BCUT2D eigenvalue weighted by Gasteiger charge is 2.23. The van der Waals surface area contributed by atoms with Gasteiger partial charge in [0, 0.05) is 0 Å². The van der Waals surface area contributed by atoms with Crippen molar-refractivity contribution in [3.63, 3.8) is 0 Å². The molecule has 1 rings (SSSR count). The van der Waals surface area contributed by atoms with Crippen molar-refractivity contribution in [1.82, 2.24) is 0 Å². The zero-order chi connectivity index (χ0) is 12.9. The van der Waals surface area contributed by atoms with Gasteiger partial charge in [0.25, 0.3) is 10.1 Å². The van der Waals surface area contributed by atoms with E-state index in [1.165, 1.54) is 0 Å². The maximum Gasteiger partial charge on any atom is 0.309 e. The van der Waals surface area contributed by atoms with E-state index in [4.69, 9.17) is 4.55 Å². The van der Waals surface area contributed by atoms with Crippen LogP contribution in [0.4, 0.5) is 4.39 Å². The standard InChI is InChI=1S/C10H15FO5S/c11-9(7-17(13,14)15)6-16-10(12)8-4-2-1-3-5-8/h1-2,8-9H,3-7H2,(H,13,14,15). The Kier molecular flexibility index (Phi) is 5.07. The summed E-state index contributed by atoms with van der Waals surface area (Å²) in [5.41, 5.74) is 0. The topological polar surface area (TPSA) is 80.7 Å². The number of ether oxygens (including phenoxy) is 1. The minimum absolute atomic E-state index is 0.280. The van der Waals surface area contributed by atoms with Gasteiger partial charge in [-0.3, -0.25) is 9.35 Å². The minimum atomic E-state index is -4.37. The minimum Gasteiger partial charge on any atom is -0.462 e. The second kappa shape index (κ2) is 6.11. The molecule has 7 heteroatoms. The molecule has 0 fully saturated rings. The molecule has 0 amide bonds. The lowest BCUT2D eigenvalue weighted by Crippen LogP contribution is -2.26. The van der Waals surface area contributed by atoms with Crippen LogP contribution in [0.3, 0.4) is 0 Å². The summed E-state index contributed by atoms with van der Waals surface area (Å²) in [6, 6.07) is 0. The Labute approximate surface area is 99.4 Å². The molecular weight excluding hydrogens is 251 g/mol. The Morgan fingerprint density at radius 3 is 2.76 bits per heavy atom. The van der Waals surface area contributed by atoms with Crippen LogP contribution < -0.4 is 0 Å². The third-order valence-corrected chi connectivity index (χ3v) is 3.18. The average molecular weight is 266 g/mol. The lowest BCUT2D eigenvalue weighted by Gasteiger charge is -2.17. The fourth-order valence-corrected chi connectivity index (χ4v) is 2.13. The number of hydrogen-bond acceptors (Lipinski definition) is 4. The van der Waals surface area contributed by atoms with Crippen LogP contribution in [-0.4, -0.2) is 37.5 Å². The van der Waals surface area contributed by atoms with Gasteiger partial charge in [-0.25, -0.2) is 4.39 Å². The predicted molar refractivity (Wildman–Crippen MR) is 58.8 cm³/mol. The Balaban J connectivity index is 2.30. The molecule has 1 aliphatic rings. The number of carbonyl (C=O) groups excluding carboxylic acids is 1. The predicted octanol–water partition coefficient (Wildman–Crippen LogP) is 1.11. The van der Waals surface area contributed by atoms with Crippen molar-refractivity contribution in [1.29, 1.82) is 0 Å². The first-order chi connectivity index (χ1) is 7.88. The zero-order valence-electron chi connectivity index (χ0n) is 9.21. The fraction of sp³-hybridized carbons (Fsp3) is 0.700. The number of halogens is 1. The van der Waals surface area contributed by atoms with Gasteiger partial charge < -0.3 is 4.74 Å². The highest BCUT2D eigenvalue weighted by Crippen LogP contribution is 2.19. The largest absolute Gasteiger partial charge is 0.462 e. The van der Waals surface area contributed by atoms with Gasteiger partial charge in [-0.2, -0.15) is 8.42 Å². The molecule has 0 saturated heterocycles. The molecule has 0 heterocycles. The summed E-state index contributed by atoms with van der Waals surface area (Å²) in [4.78, 5) is 11.4. The van der Waals surface area contributed by atoms with E-state index < -0.39 is 34.6 Å². The van der Waals surface area contributed by atoms with Crippen molar-refractivity contribution in [3.05, 3.63) is 12.2 Å². The maximum absolute atomic E-state index is 13.0. The number of hydrogen-bond donors (Lipinski definition) is 1. The summed E-state index contributed by atoms with van der Waals surface area (Å²) in [5, 5.41) is 0. The number of alkyl halides is 1. The zero-order valence-corrected chi connectivity index (χ0v) is 10.0. The Bertz CT molecular complexity index is 390. The second-order valence-electron chi connectivity index (χ2n) is 3.96. The van der Waals surface area contributed by atoms with Crippen LogP contribution in [0.5, 0.6) is 0 Å². The molecule has 17 heavy (non-hydrogen) atoms. The maximum atomic E-state index is 13.0. The number of carbonyl (C=O) groups is 1. The molecule has 0 aromatic carbocycles. The molecule has 1 N–H and O–H groups in total. The quantitative estimate of drug-likeness (QED) is 0.458. The smallest absolute Gasteiger partial charge is 0.309 e. The molecule has 0 aromatic rings. The molecule has 0 radical (unpaired) electrons. The second-order valence-corrected chi connectivity index (χ2v) is 5.45. The Hall–Kier alpha value is -0.950. The molecule has 98 valence electrons. The molecular formula is C10H15FO5S. The van der Waals surface area contributed by atoms with Crippen LogP contribution in [0.2, 0.25) is 0 Å². The SMILES string of the molecule is O=C(OCC(F)CS(=O)(=O)O)C1CC=CCC1. The number of esters is 1. The molecule has 0 aliphatic heterocycles. The van der Waals surface area contributed by atoms with E-state index in [-0.39, 0.29) is 5.92 Å². The van der Waals surface area contributed by atoms with Gasteiger partial charge in [0.2, 0.25) is 0 Å². The fourth-order valence-electron chi connectivity index (χ4n) is 1.57. The number of allylic oxidation sites excluding steroid dienone is 2. The van der Waals surface area contributed by atoms with Crippen LogP contribution in [0.25, 0.3) is 0 Å². The van der Waals surface area contributed by atoms with Crippen molar-refractivity contribution in [2.45, 2.75) is 25.4 Å². The van der Waals surface area contributed by atoms with Crippen molar-refractivity contribution in [3.8, 4) is 0 Å². The van der Waals surface area contributed by atoms with Gasteiger partial charge in [-0.05, 0) is 19.3 Å². The van der Waals surface area contributed by atoms with Gasteiger partial charge in [0.1, 0.15) is 12.4 Å². The number of rotatable bonds is 5. The first kappa shape index (κ1) is 14.1. The van der Waals surface area contributed by atoms with E-state index in [0.29, 0.717) is 12.8 Å². The van der Waals surface area contributed by atoms with Crippen LogP contribution in [0.15, 0.2) is 12.2 Å². The van der Waals surface area contributed by atoms with E-state index in [2.05, 4.69) is 4.74 Å². The van der Waals surface area contributed by atoms with Gasteiger partial charge in [0.05, 0.1) is 5.92 Å². The lowest BCUT2D eigenvalue weighted by molar-refractivity contribution is -0.150. The average Bonchev–Trinajstić information content (AvgIpc) is 2.25. The van der Waals surface area contributed by atoms with Crippen LogP contribution >= 0.6 is 0 Å². The van der Waals surface area contributed by atoms with E-state index >= 15 is 0 Å². The summed E-state index contributed by atoms with van der Waals surface area (Å²) in [5.74, 6) is -1.85. The van der Waals surface area contributed by atoms with Crippen molar-refractivity contribution in [2.24, 2.45) is 5.92 Å². The Morgan fingerprint density at radius 1 is 1.53 bits per heavy atom. The first-order valence-electron chi connectivity index (χ1n) is 5.29. The third kappa shape index (κ3) is 5.78. The third-order valence-electron chi connectivity index (χ3n) is 2.40. The van der Waals surface area contributed by atoms with Gasteiger partial charge in [0.15, 0.2) is 6.17 Å². The molecule has 5 nitrogen and oxygen atoms in total. The molecule has 0 bridgehead atoms. The van der Waals surface area contributed by atoms with Gasteiger partial charge in [-0.15, -0.1) is 0 Å². The molecule has 1 aliphatic carbocycles. The van der Waals surface area contributed by atoms with E-state index in [9.17, 15) is 17.6 Å². The molecule has 0 aromatic heterocycles. The summed E-state index contributed by atoms with van der Waals surface area (Å²) < 4.78 is 46.8. The summed E-state index contributed by atoms with van der Waals surface area (Å²) in [6.45, 7) is -0.640. The molecule has 2 atom stereocenters. The van der Waals surface area contributed by atoms with Crippen molar-refractivity contribution >= 4 is 16.1 Å². The lowest BCUT2D eigenvalue weighted by atomic mass is 9.95. The van der Waals surface area contributed by atoms with Crippen LogP contribution in [0, 0.1) is 5.92 Å². The summed E-state index contributed by atoms with van der Waals surface area (Å²) in [6.07, 6.45) is 3.93. The van der Waals surface area contributed by atoms with E-state index in [0.717, 1.165) is 6.42 Å². The monoisotopic (exact) mass is 266 g/mol. The van der Waals surface area contributed by atoms with Crippen molar-refractivity contribution < 1.29 is 26.9 Å². The van der Waals surface area contributed by atoms with Crippen LogP contribution in [0.1, 0.15) is 19.3 Å². The van der Waals surface area contributed by atoms with E-state index in [1.54, 1.807) is 0 Å². The van der Waals surface area contributed by atoms with Gasteiger partial charge in [-0.1, -0.05) is 12.2 Å². The van der Waals surface area contributed by atoms with Gasteiger partial charge >= 0.3 is 5.97 Å². The Morgan fingerprint density at radius 2 is 2.24 bits per heavy atom. The highest BCUT2D eigenvalue weighted by atomic mass is 32.2. The normalized spacial score (nSPS) is 22.1. The van der Waals surface area contributed by atoms with Crippen molar-refractivity contribution in [2.75, 3.05) is 12.4 Å². The molecule has 0 spiro atoms. The summed E-state index contributed by atoms with van der Waals surface area (Å²) in [7, 11) is -4.37. The molecule has 0 saturated carbocycles.